The molecule has 3 heterocycles. The van der Waals surface area contributed by atoms with E-state index in [9.17, 15) is 19.2 Å². The summed E-state index contributed by atoms with van der Waals surface area (Å²) in [5.74, 6) is -1.57. The number of hydrogen-bond donors (Lipinski definition) is 0. The predicted octanol–water partition coefficient (Wildman–Crippen LogP) is 0.223. The Balaban J connectivity index is 1.66. The van der Waals surface area contributed by atoms with Crippen molar-refractivity contribution in [2.75, 3.05) is 46.9 Å². The number of ether oxygens (including phenoxy) is 1. The number of piperazine rings is 1. The molecule has 2 amide bonds. The van der Waals surface area contributed by atoms with Crippen LogP contribution in [-0.4, -0.2) is 95.0 Å². The third-order valence-electron chi connectivity index (χ3n) is 5.38. The predicted molar refractivity (Wildman–Crippen MR) is 109 cm³/mol. The van der Waals surface area contributed by atoms with Crippen molar-refractivity contribution in [1.82, 2.24) is 24.7 Å². The molecule has 2 aromatic heterocycles. The molecule has 1 saturated heterocycles. The lowest BCUT2D eigenvalue weighted by Crippen LogP contribution is -2.51. The zero-order chi connectivity index (χ0) is 22.8. The van der Waals surface area contributed by atoms with Gasteiger partial charge in [0.25, 0.3) is 11.8 Å². The minimum Gasteiger partial charge on any atom is -0.459 e. The Bertz CT molecular complexity index is 1100. The fraction of sp³-hybridized carbons (Fsp3) is 0.333. The number of hydrogen-bond acceptors (Lipinski definition) is 9. The molecule has 166 valence electrons. The Labute approximate surface area is 183 Å². The molecule has 0 radical (unpaired) electrons. The summed E-state index contributed by atoms with van der Waals surface area (Å²) >= 11 is 0. The molecule has 0 aromatic carbocycles. The van der Waals surface area contributed by atoms with Gasteiger partial charge in [0, 0.05) is 52.7 Å². The molecule has 0 atom stereocenters. The van der Waals surface area contributed by atoms with Crippen molar-refractivity contribution in [3.05, 3.63) is 59.3 Å². The van der Waals surface area contributed by atoms with Gasteiger partial charge in [0.05, 0.1) is 6.26 Å². The van der Waals surface area contributed by atoms with Gasteiger partial charge in [-0.05, 0) is 12.1 Å². The van der Waals surface area contributed by atoms with Crippen LogP contribution in [0.4, 0.5) is 0 Å². The summed E-state index contributed by atoms with van der Waals surface area (Å²) in [5.41, 5.74) is -0.159. The number of methoxy groups -OCH3 is 1. The van der Waals surface area contributed by atoms with Crippen molar-refractivity contribution in [2.24, 2.45) is 0 Å². The Morgan fingerprint density at radius 1 is 1.09 bits per heavy atom. The average molecular weight is 439 g/mol. The van der Waals surface area contributed by atoms with Crippen molar-refractivity contribution in [2.45, 2.75) is 0 Å². The number of furan rings is 1. The van der Waals surface area contributed by atoms with E-state index in [4.69, 9.17) is 9.15 Å². The minimum absolute atomic E-state index is 0.0575. The monoisotopic (exact) mass is 439 g/mol. The van der Waals surface area contributed by atoms with Crippen LogP contribution < -0.4 is 0 Å². The Hall–Kier alpha value is -3.86. The lowest BCUT2D eigenvalue weighted by Gasteiger charge is -2.39. The van der Waals surface area contributed by atoms with E-state index < -0.39 is 17.5 Å². The average Bonchev–Trinajstić information content (AvgIpc) is 3.36. The third kappa shape index (κ3) is 3.66. The van der Waals surface area contributed by atoms with Crippen LogP contribution in [0.25, 0.3) is 0 Å². The van der Waals surface area contributed by atoms with E-state index >= 15 is 0 Å². The summed E-state index contributed by atoms with van der Waals surface area (Å²) in [6, 6.07) is 3.23. The van der Waals surface area contributed by atoms with E-state index in [-0.39, 0.29) is 54.1 Å². The Morgan fingerprint density at radius 3 is 2.34 bits per heavy atom. The maximum absolute atomic E-state index is 13.3. The highest BCUT2D eigenvalue weighted by molar-refractivity contribution is 6.25. The van der Waals surface area contributed by atoms with Crippen molar-refractivity contribution in [1.29, 1.82) is 0 Å². The molecule has 1 fully saturated rings. The van der Waals surface area contributed by atoms with Crippen molar-refractivity contribution >= 4 is 23.4 Å². The van der Waals surface area contributed by atoms with E-state index in [0.717, 1.165) is 4.90 Å². The number of allylic oxidation sites excluding steroid dienone is 2. The van der Waals surface area contributed by atoms with Crippen LogP contribution in [0, 0.1) is 0 Å². The van der Waals surface area contributed by atoms with E-state index in [0.29, 0.717) is 13.1 Å². The summed E-state index contributed by atoms with van der Waals surface area (Å²) in [4.78, 5) is 64.1. The molecule has 0 N–H and O–H groups in total. The number of fused-ring (bicyclic) bond motifs is 1. The highest BCUT2D eigenvalue weighted by Crippen LogP contribution is 2.29. The lowest BCUT2D eigenvalue weighted by molar-refractivity contribution is -0.131. The highest BCUT2D eigenvalue weighted by atomic mass is 16.5. The molecular weight excluding hydrogens is 418 g/mol. The van der Waals surface area contributed by atoms with Gasteiger partial charge in [0.2, 0.25) is 11.6 Å². The van der Waals surface area contributed by atoms with Gasteiger partial charge in [-0.15, -0.1) is 0 Å². The minimum atomic E-state index is -0.566. The van der Waals surface area contributed by atoms with E-state index in [1.165, 1.54) is 32.8 Å². The number of carbonyl (C=O) groups is 4. The van der Waals surface area contributed by atoms with Crippen molar-refractivity contribution in [3.63, 3.8) is 0 Å². The van der Waals surface area contributed by atoms with Gasteiger partial charge in [-0.3, -0.25) is 19.2 Å². The first-order valence-electron chi connectivity index (χ1n) is 9.92. The second-order valence-electron chi connectivity index (χ2n) is 7.25. The number of amides is 2. The van der Waals surface area contributed by atoms with Crippen molar-refractivity contribution in [3.8, 4) is 0 Å². The topological polar surface area (TPSA) is 126 Å². The third-order valence-corrected chi connectivity index (χ3v) is 5.38. The van der Waals surface area contributed by atoms with Crippen LogP contribution in [0.3, 0.4) is 0 Å². The first kappa shape index (κ1) is 21.4. The van der Waals surface area contributed by atoms with E-state index in [1.54, 1.807) is 21.9 Å². The van der Waals surface area contributed by atoms with Crippen LogP contribution in [0.15, 0.2) is 46.6 Å². The summed E-state index contributed by atoms with van der Waals surface area (Å²) in [5, 5.41) is 0. The normalized spacial score (nSPS) is 16.3. The van der Waals surface area contributed by atoms with Crippen LogP contribution in [0.5, 0.6) is 0 Å². The summed E-state index contributed by atoms with van der Waals surface area (Å²) in [6.45, 7) is 0.924. The molecule has 1 aliphatic heterocycles. The second-order valence-corrected chi connectivity index (χ2v) is 7.25. The van der Waals surface area contributed by atoms with Gasteiger partial charge in [0.1, 0.15) is 29.4 Å². The van der Waals surface area contributed by atoms with Gasteiger partial charge in [-0.1, -0.05) is 0 Å². The SMILES string of the molecule is COCC(=O)N(C)C1=C(N2CCN(C(=O)c3ccco3)CC2)C(=O)c2nccnc2C1=O. The molecule has 0 spiro atoms. The zero-order valence-electron chi connectivity index (χ0n) is 17.6. The smallest absolute Gasteiger partial charge is 0.289 e. The summed E-state index contributed by atoms with van der Waals surface area (Å²) < 4.78 is 10.1. The Morgan fingerprint density at radius 2 is 1.75 bits per heavy atom. The fourth-order valence-corrected chi connectivity index (χ4v) is 3.75. The number of ketones is 2. The Kier molecular flexibility index (Phi) is 5.82. The van der Waals surface area contributed by atoms with Crippen molar-refractivity contribution < 1.29 is 28.3 Å². The summed E-state index contributed by atoms with van der Waals surface area (Å²) in [6.07, 6.45) is 4.09. The number of nitrogens with zero attached hydrogens (tertiary/aromatic N) is 5. The molecule has 0 bridgehead atoms. The molecule has 11 nitrogen and oxygen atoms in total. The second kappa shape index (κ2) is 8.71. The number of Topliss-reactive ketones (excluding diaryl/α,β-unsaturated/α-hetero) is 2. The number of carbonyl (C=O) groups excluding carboxylic acids is 4. The molecule has 1 aliphatic carbocycles. The first-order valence-corrected chi connectivity index (χ1v) is 9.92. The lowest BCUT2D eigenvalue weighted by atomic mass is 9.96. The van der Waals surface area contributed by atoms with Crippen LogP contribution in [-0.2, 0) is 9.53 Å². The molecule has 11 heteroatoms. The van der Waals surface area contributed by atoms with Crippen LogP contribution in [0.1, 0.15) is 31.5 Å². The van der Waals surface area contributed by atoms with E-state index in [1.807, 2.05) is 0 Å². The van der Waals surface area contributed by atoms with Gasteiger partial charge in [-0.25, -0.2) is 9.97 Å². The summed E-state index contributed by atoms with van der Waals surface area (Å²) in [7, 11) is 2.78. The largest absolute Gasteiger partial charge is 0.459 e. The molecule has 2 aliphatic rings. The number of likely N-dealkylation sites (N-methyl/N-ethyl adjacent to an activating group) is 1. The molecule has 32 heavy (non-hydrogen) atoms. The highest BCUT2D eigenvalue weighted by Gasteiger charge is 2.41. The van der Waals surface area contributed by atoms with Crippen LogP contribution in [0.2, 0.25) is 0 Å². The van der Waals surface area contributed by atoms with Crippen LogP contribution >= 0.6 is 0 Å². The molecule has 4 rings (SSSR count). The molecule has 0 saturated carbocycles. The van der Waals surface area contributed by atoms with E-state index in [2.05, 4.69) is 9.97 Å². The molecule has 0 unspecified atom stereocenters. The fourth-order valence-electron chi connectivity index (χ4n) is 3.75. The maximum Gasteiger partial charge on any atom is 0.289 e. The standard InChI is InChI=1S/C21H21N5O6/c1-24(14(27)12-31-2)17-18(20(29)16-15(19(17)28)22-5-6-23-16)25-7-9-26(10-8-25)21(30)13-4-3-11-32-13/h3-6,11H,7-10,12H2,1-2H3. The maximum atomic E-state index is 13.3. The number of rotatable bonds is 5. The molecular formula is C21H21N5O6. The number of aromatic nitrogens is 2. The zero-order valence-corrected chi connectivity index (χ0v) is 17.6. The van der Waals surface area contributed by atoms with Gasteiger partial charge in [-0.2, -0.15) is 0 Å². The molecule has 2 aromatic rings. The van der Waals surface area contributed by atoms with Gasteiger partial charge < -0.3 is 23.9 Å². The van der Waals surface area contributed by atoms with Gasteiger partial charge >= 0.3 is 0 Å². The quantitative estimate of drug-likeness (QED) is 0.643. The van der Waals surface area contributed by atoms with Gasteiger partial charge in [0.15, 0.2) is 5.76 Å². The first-order chi connectivity index (χ1) is 15.4.